The van der Waals surface area contributed by atoms with Gasteiger partial charge in [-0.3, -0.25) is 0 Å². The molecule has 0 fully saturated rings. The molecule has 1 N–H and O–H groups in total. The van der Waals surface area contributed by atoms with Gasteiger partial charge in [-0.05, 0) is 38.1 Å². The van der Waals surface area contributed by atoms with E-state index in [2.05, 4.69) is 55.3 Å². The van der Waals surface area contributed by atoms with Crippen LogP contribution in [0.5, 0.6) is 0 Å². The summed E-state index contributed by atoms with van der Waals surface area (Å²) in [4.78, 5) is 1.34. The van der Waals surface area contributed by atoms with Crippen molar-refractivity contribution in [2.45, 2.75) is 38.1 Å². The first-order valence-corrected chi connectivity index (χ1v) is 7.12. The Morgan fingerprint density at radius 3 is 2.94 bits per heavy atom. The molecule has 2 heteroatoms. The molecular weight excluding hydrogens is 226 g/mol. The van der Waals surface area contributed by atoms with Gasteiger partial charge in [0, 0.05) is 23.1 Å². The van der Waals surface area contributed by atoms with Crippen LogP contribution in [0.3, 0.4) is 0 Å². The lowest BCUT2D eigenvalue weighted by atomic mass is 10.1. The van der Waals surface area contributed by atoms with E-state index >= 15 is 0 Å². The molecule has 17 heavy (non-hydrogen) atoms. The van der Waals surface area contributed by atoms with Crippen LogP contribution >= 0.6 is 11.8 Å². The van der Waals surface area contributed by atoms with Gasteiger partial charge in [0.25, 0.3) is 0 Å². The molecule has 1 nitrogen and oxygen atoms in total. The predicted molar refractivity (Wildman–Crippen MR) is 77.3 cm³/mol. The summed E-state index contributed by atoms with van der Waals surface area (Å²) in [5, 5.41) is 3.43. The van der Waals surface area contributed by atoms with Crippen LogP contribution in [0.15, 0.2) is 29.2 Å². The highest BCUT2D eigenvalue weighted by atomic mass is 32.2. The van der Waals surface area contributed by atoms with Crippen LogP contribution < -0.4 is 5.32 Å². The van der Waals surface area contributed by atoms with Crippen molar-refractivity contribution in [2.24, 2.45) is 0 Å². The summed E-state index contributed by atoms with van der Waals surface area (Å²) in [5.74, 6) is 7.09. The summed E-state index contributed by atoms with van der Waals surface area (Å²) in [5.41, 5.74) is 1.36. The fourth-order valence-corrected chi connectivity index (χ4v) is 2.48. The number of nitrogens with one attached hydrogen (secondary N) is 1. The number of hydrogen-bond donors (Lipinski definition) is 1. The topological polar surface area (TPSA) is 12.0 Å². The maximum absolute atomic E-state index is 3.43. The molecule has 0 radical (unpaired) electrons. The third kappa shape index (κ3) is 5.30. The number of hydrogen-bond acceptors (Lipinski definition) is 2. The van der Waals surface area contributed by atoms with E-state index in [4.69, 9.17) is 0 Å². The molecule has 0 aromatic heterocycles. The van der Waals surface area contributed by atoms with Gasteiger partial charge in [0.05, 0.1) is 0 Å². The maximum atomic E-state index is 3.43. The lowest BCUT2D eigenvalue weighted by Crippen LogP contribution is -2.17. The standard InChI is InChI=1S/C15H21NS/c1-4-6-7-11-17-15-10-8-9-14(12-15)13(3)16-5-2/h8-10,12-13,16H,5,7,11H2,1-3H3. The van der Waals surface area contributed by atoms with Crippen molar-refractivity contribution in [2.75, 3.05) is 12.3 Å². The molecule has 0 aliphatic carbocycles. The molecule has 1 aromatic carbocycles. The summed E-state index contributed by atoms with van der Waals surface area (Å²) in [6.45, 7) is 7.24. The monoisotopic (exact) mass is 247 g/mol. The third-order valence-electron chi connectivity index (χ3n) is 2.54. The Bertz CT molecular complexity index is 389. The van der Waals surface area contributed by atoms with E-state index in [9.17, 15) is 0 Å². The molecule has 1 aromatic rings. The molecule has 0 aliphatic heterocycles. The number of thioether (sulfide) groups is 1. The van der Waals surface area contributed by atoms with Gasteiger partial charge in [-0.25, -0.2) is 0 Å². The van der Waals surface area contributed by atoms with E-state index in [1.807, 2.05) is 18.7 Å². The molecule has 1 rings (SSSR count). The lowest BCUT2D eigenvalue weighted by Gasteiger charge is -2.13. The zero-order valence-electron chi connectivity index (χ0n) is 10.9. The highest BCUT2D eigenvalue weighted by Gasteiger charge is 2.04. The predicted octanol–water partition coefficient (Wildman–Crippen LogP) is 3.86. The molecule has 0 bridgehead atoms. The van der Waals surface area contributed by atoms with E-state index in [1.165, 1.54) is 10.5 Å². The van der Waals surface area contributed by atoms with Crippen molar-refractivity contribution in [1.29, 1.82) is 0 Å². The summed E-state index contributed by atoms with van der Waals surface area (Å²) in [7, 11) is 0. The third-order valence-corrected chi connectivity index (χ3v) is 3.54. The van der Waals surface area contributed by atoms with E-state index < -0.39 is 0 Å². The number of benzene rings is 1. The average molecular weight is 247 g/mol. The van der Waals surface area contributed by atoms with Crippen molar-refractivity contribution in [3.8, 4) is 11.8 Å². The second-order valence-corrected chi connectivity index (χ2v) is 5.05. The van der Waals surface area contributed by atoms with E-state index in [0.717, 1.165) is 18.7 Å². The minimum Gasteiger partial charge on any atom is -0.310 e. The zero-order valence-corrected chi connectivity index (χ0v) is 11.7. The first kappa shape index (κ1) is 14.2. The van der Waals surface area contributed by atoms with Crippen molar-refractivity contribution < 1.29 is 0 Å². The first-order chi connectivity index (χ1) is 8.27. The highest BCUT2D eigenvalue weighted by molar-refractivity contribution is 7.99. The van der Waals surface area contributed by atoms with Gasteiger partial charge < -0.3 is 5.32 Å². The van der Waals surface area contributed by atoms with Gasteiger partial charge in [0.2, 0.25) is 0 Å². The summed E-state index contributed by atoms with van der Waals surface area (Å²) in [6, 6.07) is 9.19. The Kier molecular flexibility index (Phi) is 6.84. The fraction of sp³-hybridized carbons (Fsp3) is 0.467. The van der Waals surface area contributed by atoms with Gasteiger partial charge in [-0.1, -0.05) is 19.1 Å². The van der Waals surface area contributed by atoms with Crippen LogP contribution in [0.25, 0.3) is 0 Å². The normalized spacial score (nSPS) is 11.7. The van der Waals surface area contributed by atoms with Crippen molar-refractivity contribution >= 4 is 11.8 Å². The molecule has 1 atom stereocenters. The largest absolute Gasteiger partial charge is 0.310 e. The number of rotatable bonds is 6. The molecule has 0 saturated heterocycles. The van der Waals surface area contributed by atoms with E-state index in [1.54, 1.807) is 0 Å². The van der Waals surface area contributed by atoms with Crippen molar-refractivity contribution in [3.63, 3.8) is 0 Å². The smallest absolute Gasteiger partial charge is 0.0292 e. The molecule has 92 valence electrons. The van der Waals surface area contributed by atoms with Crippen molar-refractivity contribution in [3.05, 3.63) is 29.8 Å². The average Bonchev–Trinajstić information content (AvgIpc) is 2.35. The Labute approximate surface area is 109 Å². The Morgan fingerprint density at radius 1 is 1.41 bits per heavy atom. The SMILES string of the molecule is CC#CCCSc1cccc(C(C)NCC)c1. The summed E-state index contributed by atoms with van der Waals surface area (Å²) in [6.07, 6.45) is 0.966. The van der Waals surface area contributed by atoms with Crippen LogP contribution in [0.2, 0.25) is 0 Å². The molecule has 0 saturated carbocycles. The van der Waals surface area contributed by atoms with Gasteiger partial charge in [0.15, 0.2) is 0 Å². The van der Waals surface area contributed by atoms with Crippen LogP contribution in [0.1, 0.15) is 38.8 Å². The lowest BCUT2D eigenvalue weighted by molar-refractivity contribution is 0.597. The maximum Gasteiger partial charge on any atom is 0.0292 e. The van der Waals surface area contributed by atoms with Gasteiger partial charge in [0.1, 0.15) is 0 Å². The molecular formula is C15H21NS. The molecule has 0 spiro atoms. The van der Waals surface area contributed by atoms with Gasteiger partial charge in [-0.2, -0.15) is 0 Å². The van der Waals surface area contributed by atoms with E-state index in [-0.39, 0.29) is 0 Å². The Balaban J connectivity index is 2.55. The van der Waals surface area contributed by atoms with Crippen LogP contribution in [-0.4, -0.2) is 12.3 Å². The Hall–Kier alpha value is -0.910. The van der Waals surface area contributed by atoms with Crippen LogP contribution in [-0.2, 0) is 0 Å². The Morgan fingerprint density at radius 2 is 2.24 bits per heavy atom. The van der Waals surface area contributed by atoms with Crippen LogP contribution in [0.4, 0.5) is 0 Å². The quantitative estimate of drug-likeness (QED) is 0.465. The highest BCUT2D eigenvalue weighted by Crippen LogP contribution is 2.22. The summed E-state index contributed by atoms with van der Waals surface area (Å²) >= 11 is 1.88. The van der Waals surface area contributed by atoms with Gasteiger partial charge in [-0.15, -0.1) is 23.6 Å². The van der Waals surface area contributed by atoms with Gasteiger partial charge >= 0.3 is 0 Å². The fourth-order valence-electron chi connectivity index (χ4n) is 1.64. The molecule has 0 heterocycles. The second kappa shape index (κ2) is 8.22. The first-order valence-electron chi connectivity index (χ1n) is 6.13. The second-order valence-electron chi connectivity index (χ2n) is 3.88. The van der Waals surface area contributed by atoms with E-state index in [0.29, 0.717) is 6.04 Å². The molecule has 1 unspecified atom stereocenters. The summed E-state index contributed by atoms with van der Waals surface area (Å²) < 4.78 is 0. The molecule has 0 amide bonds. The van der Waals surface area contributed by atoms with Crippen LogP contribution in [0, 0.1) is 11.8 Å². The van der Waals surface area contributed by atoms with Crippen molar-refractivity contribution in [1.82, 2.24) is 5.32 Å². The molecule has 0 aliphatic rings. The minimum absolute atomic E-state index is 0.427. The minimum atomic E-state index is 0.427. The zero-order chi connectivity index (χ0) is 12.5.